The summed E-state index contributed by atoms with van der Waals surface area (Å²) in [6.07, 6.45) is 1.84. The van der Waals surface area contributed by atoms with Gasteiger partial charge in [-0.15, -0.1) is 0 Å². The van der Waals surface area contributed by atoms with Gasteiger partial charge >= 0.3 is 12.0 Å². The predicted octanol–water partition coefficient (Wildman–Crippen LogP) is 3.20. The monoisotopic (exact) mass is 300 g/mol. The number of nitrogens with zero attached hydrogens (tertiary/aromatic N) is 1. The van der Waals surface area contributed by atoms with E-state index < -0.39 is 12.0 Å². The lowest BCUT2D eigenvalue weighted by Crippen LogP contribution is -2.50. The number of aliphatic carboxylic acids is 1. The van der Waals surface area contributed by atoms with Crippen molar-refractivity contribution in [2.75, 3.05) is 13.1 Å². The molecule has 0 saturated heterocycles. The summed E-state index contributed by atoms with van der Waals surface area (Å²) in [6.45, 7) is 13.4. The SMILES string of the molecule is CC(C)CCN(CCC(C)C)C(=O)N[C@H](C(=O)O)C(C)C. The third-order valence-electron chi connectivity index (χ3n) is 3.45. The van der Waals surface area contributed by atoms with Crippen LogP contribution in [0.25, 0.3) is 0 Å². The van der Waals surface area contributed by atoms with Gasteiger partial charge in [-0.05, 0) is 30.6 Å². The Morgan fingerprint density at radius 1 is 0.952 bits per heavy atom. The lowest BCUT2D eigenvalue weighted by molar-refractivity contribution is -0.140. The maximum atomic E-state index is 12.3. The minimum atomic E-state index is -0.981. The van der Waals surface area contributed by atoms with Crippen LogP contribution in [0, 0.1) is 17.8 Å². The summed E-state index contributed by atoms with van der Waals surface area (Å²) >= 11 is 0. The normalized spacial score (nSPS) is 12.8. The number of carboxylic acid groups (broad SMARTS) is 1. The highest BCUT2D eigenvalue weighted by molar-refractivity contribution is 5.82. The molecule has 2 amide bonds. The average molecular weight is 300 g/mol. The molecule has 0 heterocycles. The number of hydrogen-bond acceptors (Lipinski definition) is 2. The van der Waals surface area contributed by atoms with Crippen molar-refractivity contribution in [2.45, 2.75) is 60.4 Å². The van der Waals surface area contributed by atoms with Gasteiger partial charge in [0, 0.05) is 13.1 Å². The van der Waals surface area contributed by atoms with Gasteiger partial charge in [0.15, 0.2) is 0 Å². The summed E-state index contributed by atoms with van der Waals surface area (Å²) in [5.74, 6) is -0.0889. The van der Waals surface area contributed by atoms with Crippen molar-refractivity contribution in [2.24, 2.45) is 17.8 Å². The molecule has 0 aliphatic carbocycles. The molecule has 0 fully saturated rings. The lowest BCUT2D eigenvalue weighted by atomic mass is 10.1. The highest BCUT2D eigenvalue weighted by atomic mass is 16.4. The maximum Gasteiger partial charge on any atom is 0.326 e. The van der Waals surface area contributed by atoms with Gasteiger partial charge in [-0.3, -0.25) is 0 Å². The van der Waals surface area contributed by atoms with Crippen LogP contribution in [0.4, 0.5) is 4.79 Å². The first-order chi connectivity index (χ1) is 9.65. The van der Waals surface area contributed by atoms with E-state index in [2.05, 4.69) is 33.0 Å². The first kappa shape index (κ1) is 19.7. The van der Waals surface area contributed by atoms with Crippen LogP contribution in [0.3, 0.4) is 0 Å². The average Bonchev–Trinajstić information content (AvgIpc) is 2.34. The largest absolute Gasteiger partial charge is 0.480 e. The Morgan fingerprint density at radius 3 is 1.67 bits per heavy atom. The second kappa shape index (κ2) is 9.64. The summed E-state index contributed by atoms with van der Waals surface area (Å²) < 4.78 is 0. The fraction of sp³-hybridized carbons (Fsp3) is 0.875. The van der Waals surface area contributed by atoms with Crippen LogP contribution in [-0.4, -0.2) is 41.1 Å². The molecule has 0 aromatic rings. The number of carbonyl (C=O) groups is 2. The summed E-state index contributed by atoms with van der Waals surface area (Å²) in [6, 6.07) is -1.10. The summed E-state index contributed by atoms with van der Waals surface area (Å²) in [5.41, 5.74) is 0. The molecular formula is C16H32N2O3. The standard InChI is InChI=1S/C16H32N2O3/c1-11(2)7-9-18(10-8-12(3)4)16(21)17-14(13(5)6)15(19)20/h11-14H,7-10H2,1-6H3,(H,17,21)(H,19,20)/t14-/m0/s1. The van der Waals surface area contributed by atoms with Crippen LogP contribution in [0.2, 0.25) is 0 Å². The number of amides is 2. The zero-order valence-electron chi connectivity index (χ0n) is 14.3. The third-order valence-corrected chi connectivity index (χ3v) is 3.45. The molecule has 0 radical (unpaired) electrons. The molecule has 0 aliphatic rings. The number of nitrogens with one attached hydrogen (secondary N) is 1. The maximum absolute atomic E-state index is 12.3. The first-order valence-corrected chi connectivity index (χ1v) is 7.93. The van der Waals surface area contributed by atoms with E-state index in [0.29, 0.717) is 24.9 Å². The van der Waals surface area contributed by atoms with E-state index >= 15 is 0 Å². The topological polar surface area (TPSA) is 69.6 Å². The Hall–Kier alpha value is -1.26. The van der Waals surface area contributed by atoms with Crippen molar-refractivity contribution < 1.29 is 14.7 Å². The molecule has 2 N–H and O–H groups in total. The smallest absolute Gasteiger partial charge is 0.326 e. The Morgan fingerprint density at radius 2 is 1.38 bits per heavy atom. The molecule has 0 rings (SSSR count). The molecule has 0 saturated carbocycles. The minimum Gasteiger partial charge on any atom is -0.480 e. The number of urea groups is 1. The zero-order valence-corrected chi connectivity index (χ0v) is 14.3. The molecule has 0 spiro atoms. The van der Waals surface area contributed by atoms with Crippen LogP contribution in [-0.2, 0) is 4.79 Å². The second-order valence-corrected chi connectivity index (χ2v) is 6.86. The van der Waals surface area contributed by atoms with E-state index in [1.807, 2.05) is 0 Å². The van der Waals surface area contributed by atoms with Crippen LogP contribution >= 0.6 is 0 Å². The molecular weight excluding hydrogens is 268 g/mol. The van der Waals surface area contributed by atoms with E-state index in [4.69, 9.17) is 0 Å². The van der Waals surface area contributed by atoms with Gasteiger partial charge in [-0.1, -0.05) is 41.5 Å². The van der Waals surface area contributed by atoms with Crippen molar-refractivity contribution >= 4 is 12.0 Å². The Bertz CT molecular complexity index is 315. The molecule has 21 heavy (non-hydrogen) atoms. The fourth-order valence-corrected chi connectivity index (χ4v) is 1.88. The van der Waals surface area contributed by atoms with Crippen LogP contribution in [0.15, 0.2) is 0 Å². The quantitative estimate of drug-likeness (QED) is 0.687. The molecule has 0 aliphatic heterocycles. The summed E-state index contributed by atoms with van der Waals surface area (Å²) in [5, 5.41) is 11.8. The van der Waals surface area contributed by atoms with E-state index in [1.165, 1.54) is 0 Å². The summed E-state index contributed by atoms with van der Waals surface area (Å²) in [7, 11) is 0. The number of rotatable bonds is 9. The van der Waals surface area contributed by atoms with Crippen molar-refractivity contribution in [3.8, 4) is 0 Å². The molecule has 1 atom stereocenters. The minimum absolute atomic E-state index is 0.136. The molecule has 0 bridgehead atoms. The number of carboxylic acids is 1. The van der Waals surface area contributed by atoms with Crippen molar-refractivity contribution in [1.82, 2.24) is 10.2 Å². The predicted molar refractivity (Wildman–Crippen MR) is 85.3 cm³/mol. The van der Waals surface area contributed by atoms with E-state index in [0.717, 1.165) is 12.8 Å². The van der Waals surface area contributed by atoms with Crippen molar-refractivity contribution in [3.63, 3.8) is 0 Å². The molecule has 0 unspecified atom stereocenters. The molecule has 0 aromatic carbocycles. The number of hydrogen-bond donors (Lipinski definition) is 2. The Labute approximate surface area is 129 Å². The van der Waals surface area contributed by atoms with Gasteiger partial charge in [0.2, 0.25) is 0 Å². The number of carbonyl (C=O) groups excluding carboxylic acids is 1. The van der Waals surface area contributed by atoms with Crippen molar-refractivity contribution in [3.05, 3.63) is 0 Å². The van der Waals surface area contributed by atoms with Gasteiger partial charge in [0.1, 0.15) is 6.04 Å². The van der Waals surface area contributed by atoms with Crippen molar-refractivity contribution in [1.29, 1.82) is 0 Å². The second-order valence-electron chi connectivity index (χ2n) is 6.86. The van der Waals surface area contributed by atoms with Gasteiger partial charge in [0.25, 0.3) is 0 Å². The molecule has 5 heteroatoms. The first-order valence-electron chi connectivity index (χ1n) is 7.93. The van der Waals surface area contributed by atoms with Crippen LogP contribution < -0.4 is 5.32 Å². The van der Waals surface area contributed by atoms with E-state index in [1.54, 1.807) is 18.7 Å². The van der Waals surface area contributed by atoms with Gasteiger partial charge in [-0.2, -0.15) is 0 Å². The van der Waals surface area contributed by atoms with Gasteiger partial charge < -0.3 is 15.3 Å². The zero-order chi connectivity index (χ0) is 16.6. The van der Waals surface area contributed by atoms with Crippen LogP contribution in [0.1, 0.15) is 54.4 Å². The van der Waals surface area contributed by atoms with E-state index in [9.17, 15) is 14.7 Å². The Balaban J connectivity index is 4.70. The van der Waals surface area contributed by atoms with Crippen LogP contribution in [0.5, 0.6) is 0 Å². The molecule has 124 valence electrons. The molecule has 0 aromatic heterocycles. The van der Waals surface area contributed by atoms with Gasteiger partial charge in [0.05, 0.1) is 0 Å². The van der Waals surface area contributed by atoms with Gasteiger partial charge in [-0.25, -0.2) is 9.59 Å². The fourth-order valence-electron chi connectivity index (χ4n) is 1.88. The van der Waals surface area contributed by atoms with E-state index in [-0.39, 0.29) is 11.9 Å². The molecule has 5 nitrogen and oxygen atoms in total. The highest BCUT2D eigenvalue weighted by Gasteiger charge is 2.25. The summed E-state index contributed by atoms with van der Waals surface area (Å²) in [4.78, 5) is 25.3. The Kier molecular flexibility index (Phi) is 9.06. The highest BCUT2D eigenvalue weighted by Crippen LogP contribution is 2.09. The lowest BCUT2D eigenvalue weighted by Gasteiger charge is -2.27. The third kappa shape index (κ3) is 8.58.